The van der Waals surface area contributed by atoms with Gasteiger partial charge in [-0.25, -0.2) is 8.42 Å². The van der Waals surface area contributed by atoms with Crippen molar-refractivity contribution in [3.63, 3.8) is 0 Å². The molecule has 2 aromatic rings. The van der Waals surface area contributed by atoms with Gasteiger partial charge in [0.25, 0.3) is 0 Å². The molecule has 1 aliphatic carbocycles. The lowest BCUT2D eigenvalue weighted by molar-refractivity contribution is -0.139. The standard InChI is InChI=1S/C26H34ClN3O4S/c1-19-14-15-22(27)16-24(19)30(35(3,33)34)18-25(31)29(17-21-10-6-4-7-11-21)20(2)26(32)28-23-12-8-5-9-13-23/h4,6-7,10-11,14-16,20,23H,5,8-9,12-13,17-18H2,1-3H3,(H,28,32). The van der Waals surface area contributed by atoms with Crippen molar-refractivity contribution < 1.29 is 18.0 Å². The van der Waals surface area contributed by atoms with Crippen LogP contribution in [-0.4, -0.2) is 50.0 Å². The Morgan fingerprint density at radius 2 is 1.74 bits per heavy atom. The normalized spacial score (nSPS) is 15.3. The van der Waals surface area contributed by atoms with Crippen LogP contribution >= 0.6 is 11.6 Å². The van der Waals surface area contributed by atoms with Gasteiger partial charge in [0, 0.05) is 17.6 Å². The summed E-state index contributed by atoms with van der Waals surface area (Å²) in [6.07, 6.45) is 6.25. The van der Waals surface area contributed by atoms with E-state index in [1.165, 1.54) is 17.4 Å². The Morgan fingerprint density at radius 3 is 2.37 bits per heavy atom. The van der Waals surface area contributed by atoms with Crippen LogP contribution < -0.4 is 9.62 Å². The lowest BCUT2D eigenvalue weighted by Crippen LogP contribution is -2.53. The lowest BCUT2D eigenvalue weighted by atomic mass is 9.95. The summed E-state index contributed by atoms with van der Waals surface area (Å²) in [5.41, 5.74) is 1.86. The molecule has 1 unspecified atom stereocenters. The molecule has 190 valence electrons. The molecule has 0 aromatic heterocycles. The number of carbonyl (C=O) groups excluding carboxylic acids is 2. The smallest absolute Gasteiger partial charge is 0.244 e. The Balaban J connectivity index is 1.88. The number of anilines is 1. The van der Waals surface area contributed by atoms with E-state index in [1.807, 2.05) is 30.3 Å². The molecule has 0 saturated heterocycles. The fourth-order valence-electron chi connectivity index (χ4n) is 4.38. The molecule has 2 amide bonds. The van der Waals surface area contributed by atoms with Gasteiger partial charge in [0.2, 0.25) is 21.8 Å². The van der Waals surface area contributed by atoms with Gasteiger partial charge < -0.3 is 10.2 Å². The van der Waals surface area contributed by atoms with E-state index in [-0.39, 0.29) is 18.5 Å². The highest BCUT2D eigenvalue weighted by Gasteiger charge is 2.31. The zero-order valence-electron chi connectivity index (χ0n) is 20.5. The summed E-state index contributed by atoms with van der Waals surface area (Å²) in [4.78, 5) is 28.2. The molecule has 0 bridgehead atoms. The van der Waals surface area contributed by atoms with Crippen molar-refractivity contribution in [2.75, 3.05) is 17.1 Å². The summed E-state index contributed by atoms with van der Waals surface area (Å²) < 4.78 is 26.5. The number of nitrogens with one attached hydrogen (secondary N) is 1. The fraction of sp³-hybridized carbons (Fsp3) is 0.462. The molecule has 1 saturated carbocycles. The van der Waals surface area contributed by atoms with Crippen molar-refractivity contribution in [1.29, 1.82) is 0 Å². The van der Waals surface area contributed by atoms with Crippen LogP contribution in [0, 0.1) is 6.92 Å². The molecule has 0 aliphatic heterocycles. The average Bonchev–Trinajstić information content (AvgIpc) is 2.82. The van der Waals surface area contributed by atoms with Gasteiger partial charge in [-0.15, -0.1) is 0 Å². The maximum atomic E-state index is 13.6. The summed E-state index contributed by atoms with van der Waals surface area (Å²) in [6.45, 7) is 3.20. The number of benzene rings is 2. The summed E-state index contributed by atoms with van der Waals surface area (Å²) in [5, 5.41) is 3.46. The zero-order chi connectivity index (χ0) is 25.6. The number of hydrogen-bond acceptors (Lipinski definition) is 4. The monoisotopic (exact) mass is 519 g/mol. The maximum Gasteiger partial charge on any atom is 0.244 e. The van der Waals surface area contributed by atoms with E-state index >= 15 is 0 Å². The topological polar surface area (TPSA) is 86.8 Å². The third-order valence-electron chi connectivity index (χ3n) is 6.43. The van der Waals surface area contributed by atoms with Crippen LogP contribution in [0.15, 0.2) is 48.5 Å². The molecule has 2 aromatic carbocycles. The van der Waals surface area contributed by atoms with Gasteiger partial charge in [-0.3, -0.25) is 13.9 Å². The van der Waals surface area contributed by atoms with Gasteiger partial charge in [0.1, 0.15) is 12.6 Å². The molecule has 1 fully saturated rings. The number of carbonyl (C=O) groups is 2. The van der Waals surface area contributed by atoms with Crippen molar-refractivity contribution >= 4 is 39.1 Å². The highest BCUT2D eigenvalue weighted by molar-refractivity contribution is 7.92. The molecule has 1 N–H and O–H groups in total. The number of rotatable bonds is 9. The predicted molar refractivity (Wildman–Crippen MR) is 140 cm³/mol. The average molecular weight is 520 g/mol. The molecule has 7 nitrogen and oxygen atoms in total. The first kappa shape index (κ1) is 27.0. The van der Waals surface area contributed by atoms with Crippen LogP contribution in [-0.2, 0) is 26.2 Å². The molecule has 0 radical (unpaired) electrons. The minimum absolute atomic E-state index is 0.106. The summed E-state index contributed by atoms with van der Waals surface area (Å²) >= 11 is 6.13. The van der Waals surface area contributed by atoms with Crippen molar-refractivity contribution in [2.45, 2.75) is 64.6 Å². The molecule has 0 heterocycles. The number of aryl methyl sites for hydroxylation is 1. The van der Waals surface area contributed by atoms with Crippen molar-refractivity contribution in [2.24, 2.45) is 0 Å². The molecule has 1 atom stereocenters. The maximum absolute atomic E-state index is 13.6. The molecule has 1 aliphatic rings. The first-order chi connectivity index (χ1) is 16.6. The zero-order valence-corrected chi connectivity index (χ0v) is 22.1. The highest BCUT2D eigenvalue weighted by Crippen LogP contribution is 2.27. The van der Waals surface area contributed by atoms with E-state index in [9.17, 15) is 18.0 Å². The van der Waals surface area contributed by atoms with E-state index in [0.717, 1.165) is 41.8 Å². The van der Waals surface area contributed by atoms with Crippen molar-refractivity contribution in [3.8, 4) is 0 Å². The Kier molecular flexibility index (Phi) is 9.19. The van der Waals surface area contributed by atoms with Gasteiger partial charge in [-0.05, 0) is 49.9 Å². The Labute approximate surface area is 213 Å². The highest BCUT2D eigenvalue weighted by atomic mass is 35.5. The fourth-order valence-corrected chi connectivity index (χ4v) is 5.44. The Hall–Kier alpha value is -2.58. The van der Waals surface area contributed by atoms with Gasteiger partial charge in [0.05, 0.1) is 11.9 Å². The van der Waals surface area contributed by atoms with Crippen LogP contribution in [0.5, 0.6) is 0 Å². The second-order valence-corrected chi connectivity index (χ2v) is 11.6. The van der Waals surface area contributed by atoms with Crippen LogP contribution in [0.3, 0.4) is 0 Å². The Bertz CT molecular complexity index is 1130. The molecule has 3 rings (SSSR count). The van der Waals surface area contributed by atoms with Gasteiger partial charge in [-0.1, -0.05) is 67.3 Å². The molecular weight excluding hydrogens is 486 g/mol. The van der Waals surface area contributed by atoms with Crippen molar-refractivity contribution in [1.82, 2.24) is 10.2 Å². The second-order valence-electron chi connectivity index (χ2n) is 9.23. The third-order valence-corrected chi connectivity index (χ3v) is 7.80. The quantitative estimate of drug-likeness (QED) is 0.535. The Morgan fingerprint density at radius 1 is 1.09 bits per heavy atom. The lowest BCUT2D eigenvalue weighted by Gasteiger charge is -2.33. The van der Waals surface area contributed by atoms with Crippen LogP contribution in [0.2, 0.25) is 5.02 Å². The predicted octanol–water partition coefficient (Wildman–Crippen LogP) is 4.28. The SMILES string of the molecule is Cc1ccc(Cl)cc1N(CC(=O)N(Cc1ccccc1)C(C)C(=O)NC1CCCCC1)S(C)(=O)=O. The molecular formula is C26H34ClN3O4S. The number of amides is 2. The summed E-state index contributed by atoms with van der Waals surface area (Å²) in [7, 11) is -3.80. The van der Waals surface area contributed by atoms with E-state index in [4.69, 9.17) is 11.6 Å². The second kappa shape index (κ2) is 11.9. The number of nitrogens with zero attached hydrogens (tertiary/aromatic N) is 2. The van der Waals surface area contributed by atoms with E-state index < -0.39 is 28.5 Å². The van der Waals surface area contributed by atoms with Crippen molar-refractivity contribution in [3.05, 3.63) is 64.7 Å². The third kappa shape index (κ3) is 7.45. The minimum atomic E-state index is -3.80. The first-order valence-electron chi connectivity index (χ1n) is 11.9. The molecule has 0 spiro atoms. The summed E-state index contributed by atoms with van der Waals surface area (Å²) in [5.74, 6) is -0.698. The van der Waals surface area contributed by atoms with Gasteiger partial charge >= 0.3 is 0 Å². The first-order valence-corrected chi connectivity index (χ1v) is 14.2. The van der Waals surface area contributed by atoms with E-state index in [0.29, 0.717) is 16.3 Å². The number of hydrogen-bond donors (Lipinski definition) is 1. The number of halogens is 1. The van der Waals surface area contributed by atoms with E-state index in [1.54, 1.807) is 26.0 Å². The van der Waals surface area contributed by atoms with Crippen LogP contribution in [0.1, 0.15) is 50.2 Å². The van der Waals surface area contributed by atoms with Crippen LogP contribution in [0.25, 0.3) is 0 Å². The van der Waals surface area contributed by atoms with Gasteiger partial charge in [-0.2, -0.15) is 0 Å². The minimum Gasteiger partial charge on any atom is -0.352 e. The molecule has 35 heavy (non-hydrogen) atoms. The van der Waals surface area contributed by atoms with Crippen LogP contribution in [0.4, 0.5) is 5.69 Å². The molecule has 9 heteroatoms. The van der Waals surface area contributed by atoms with E-state index in [2.05, 4.69) is 5.32 Å². The summed E-state index contributed by atoms with van der Waals surface area (Å²) in [6, 6.07) is 13.6. The number of sulfonamides is 1. The largest absolute Gasteiger partial charge is 0.352 e. The van der Waals surface area contributed by atoms with Gasteiger partial charge in [0.15, 0.2) is 0 Å².